The lowest BCUT2D eigenvalue weighted by Gasteiger charge is -2.07. The van der Waals surface area contributed by atoms with Crippen molar-refractivity contribution in [1.29, 1.82) is 0 Å². The van der Waals surface area contributed by atoms with Gasteiger partial charge in [-0.3, -0.25) is 9.59 Å². The summed E-state index contributed by atoms with van der Waals surface area (Å²) in [6, 6.07) is 4.81. The topological polar surface area (TPSA) is 107 Å². The van der Waals surface area contributed by atoms with Crippen LogP contribution in [0.4, 0.5) is 0 Å². The van der Waals surface area contributed by atoms with Gasteiger partial charge < -0.3 is 20.6 Å². The van der Waals surface area contributed by atoms with Gasteiger partial charge in [0.15, 0.2) is 0 Å². The van der Waals surface area contributed by atoms with Crippen LogP contribution in [0.3, 0.4) is 0 Å². The molecule has 0 bridgehead atoms. The summed E-state index contributed by atoms with van der Waals surface area (Å²) in [6.45, 7) is 0.0256. The first-order chi connectivity index (χ1) is 8.49. The van der Waals surface area contributed by atoms with Gasteiger partial charge in [-0.2, -0.15) is 0 Å². The molecule has 0 unspecified atom stereocenters. The third kappa shape index (κ3) is 4.84. The Hall–Kier alpha value is -2.08. The number of carboxylic acids is 2. The molecule has 0 saturated carbocycles. The molecule has 0 aliphatic rings. The van der Waals surface area contributed by atoms with Crippen molar-refractivity contribution >= 4 is 11.9 Å². The molecule has 1 aromatic rings. The first-order valence-corrected chi connectivity index (χ1v) is 5.44. The fourth-order valence-electron chi connectivity index (χ4n) is 1.49. The van der Waals surface area contributed by atoms with Gasteiger partial charge in [-0.25, -0.2) is 0 Å². The zero-order chi connectivity index (χ0) is 13.5. The van der Waals surface area contributed by atoms with Crippen molar-refractivity contribution in [2.24, 2.45) is 0 Å². The summed E-state index contributed by atoms with van der Waals surface area (Å²) in [5.41, 5.74) is 1.35. The molecule has 0 spiro atoms. The minimum Gasteiger partial charge on any atom is -0.508 e. The number of aliphatic carboxylic acids is 2. The highest BCUT2D eigenvalue weighted by Crippen LogP contribution is 2.19. The average molecular weight is 253 g/mol. The number of carbonyl (C=O) groups is 2. The standard InChI is InChI=1S/C12H15NO5/c14-10-3-1-8(2-4-11(15)16)5-9(10)6-13-7-12(17)18/h1,3,5,13-14H,2,4,6-7H2,(H,15,16)(H,17,18). The van der Waals surface area contributed by atoms with E-state index in [1.165, 1.54) is 6.07 Å². The summed E-state index contributed by atoms with van der Waals surface area (Å²) in [6.07, 6.45) is 0.397. The molecule has 1 rings (SSSR count). The summed E-state index contributed by atoms with van der Waals surface area (Å²) >= 11 is 0. The predicted octanol–water partition coefficient (Wildman–Crippen LogP) is 0.584. The van der Waals surface area contributed by atoms with Crippen LogP contribution >= 0.6 is 0 Å². The lowest BCUT2D eigenvalue weighted by atomic mass is 10.1. The number of aromatic hydroxyl groups is 1. The van der Waals surface area contributed by atoms with Crippen molar-refractivity contribution < 1.29 is 24.9 Å². The number of hydrogen-bond donors (Lipinski definition) is 4. The minimum atomic E-state index is -0.975. The molecule has 0 saturated heterocycles. The fraction of sp³-hybridized carbons (Fsp3) is 0.333. The third-order valence-electron chi connectivity index (χ3n) is 2.36. The van der Waals surface area contributed by atoms with Gasteiger partial charge in [0.2, 0.25) is 0 Å². The summed E-state index contributed by atoms with van der Waals surface area (Å²) < 4.78 is 0. The summed E-state index contributed by atoms with van der Waals surface area (Å²) in [7, 11) is 0. The van der Waals surface area contributed by atoms with Gasteiger partial charge >= 0.3 is 11.9 Å². The molecule has 0 amide bonds. The van der Waals surface area contributed by atoms with E-state index in [9.17, 15) is 14.7 Å². The zero-order valence-electron chi connectivity index (χ0n) is 9.72. The van der Waals surface area contributed by atoms with E-state index < -0.39 is 11.9 Å². The molecule has 6 nitrogen and oxygen atoms in total. The molecule has 0 radical (unpaired) electrons. The van der Waals surface area contributed by atoms with Crippen LogP contribution < -0.4 is 5.32 Å². The number of carboxylic acid groups (broad SMARTS) is 2. The van der Waals surface area contributed by atoms with E-state index in [0.29, 0.717) is 12.0 Å². The van der Waals surface area contributed by atoms with Crippen molar-refractivity contribution in [2.45, 2.75) is 19.4 Å². The van der Waals surface area contributed by atoms with Gasteiger partial charge in [-0.1, -0.05) is 12.1 Å². The quantitative estimate of drug-likeness (QED) is 0.566. The normalized spacial score (nSPS) is 10.2. The van der Waals surface area contributed by atoms with Crippen LogP contribution in [0.25, 0.3) is 0 Å². The van der Waals surface area contributed by atoms with Crippen LogP contribution in [0.5, 0.6) is 5.75 Å². The number of aryl methyl sites for hydroxylation is 1. The van der Waals surface area contributed by atoms with Crippen LogP contribution in [0, 0.1) is 0 Å². The predicted molar refractivity (Wildman–Crippen MR) is 63.4 cm³/mol. The minimum absolute atomic E-state index is 0.0206. The average Bonchev–Trinajstić information content (AvgIpc) is 2.29. The third-order valence-corrected chi connectivity index (χ3v) is 2.36. The Morgan fingerprint density at radius 1 is 1.17 bits per heavy atom. The van der Waals surface area contributed by atoms with E-state index in [-0.39, 0.29) is 25.3 Å². The number of benzene rings is 1. The molecule has 0 aromatic heterocycles. The number of hydrogen-bond acceptors (Lipinski definition) is 4. The summed E-state index contributed by atoms with van der Waals surface area (Å²) in [5.74, 6) is -1.79. The maximum atomic E-state index is 10.4. The van der Waals surface area contributed by atoms with Crippen LogP contribution in [-0.2, 0) is 22.6 Å². The Labute approximate surface area is 104 Å². The smallest absolute Gasteiger partial charge is 0.317 e. The number of phenols is 1. The fourth-order valence-corrected chi connectivity index (χ4v) is 1.49. The van der Waals surface area contributed by atoms with Gasteiger partial charge in [0.25, 0.3) is 0 Å². The Kier molecular flexibility index (Phi) is 5.13. The van der Waals surface area contributed by atoms with Gasteiger partial charge in [0.05, 0.1) is 6.54 Å². The van der Waals surface area contributed by atoms with Crippen molar-refractivity contribution in [3.8, 4) is 5.75 Å². The van der Waals surface area contributed by atoms with Crippen LogP contribution in [0.15, 0.2) is 18.2 Å². The van der Waals surface area contributed by atoms with Gasteiger partial charge in [0.1, 0.15) is 5.75 Å². The Morgan fingerprint density at radius 3 is 2.50 bits per heavy atom. The van der Waals surface area contributed by atoms with Crippen LogP contribution in [0.1, 0.15) is 17.5 Å². The highest BCUT2D eigenvalue weighted by molar-refractivity contribution is 5.69. The van der Waals surface area contributed by atoms with Crippen LogP contribution in [0.2, 0.25) is 0 Å². The second-order valence-electron chi connectivity index (χ2n) is 3.85. The molecular formula is C12H15NO5. The van der Waals surface area contributed by atoms with Gasteiger partial charge in [-0.05, 0) is 18.1 Å². The first-order valence-electron chi connectivity index (χ1n) is 5.44. The van der Waals surface area contributed by atoms with Crippen molar-refractivity contribution in [3.63, 3.8) is 0 Å². The SMILES string of the molecule is O=C(O)CCc1ccc(O)c(CNCC(=O)O)c1. The molecule has 18 heavy (non-hydrogen) atoms. The molecule has 0 atom stereocenters. The highest BCUT2D eigenvalue weighted by Gasteiger charge is 2.05. The highest BCUT2D eigenvalue weighted by atomic mass is 16.4. The van der Waals surface area contributed by atoms with Crippen molar-refractivity contribution in [3.05, 3.63) is 29.3 Å². The number of rotatable bonds is 7. The molecule has 98 valence electrons. The second kappa shape index (κ2) is 6.61. The van der Waals surface area contributed by atoms with E-state index >= 15 is 0 Å². The van der Waals surface area contributed by atoms with Crippen LogP contribution in [-0.4, -0.2) is 33.8 Å². The van der Waals surface area contributed by atoms with Gasteiger partial charge in [-0.15, -0.1) is 0 Å². The van der Waals surface area contributed by atoms with Crippen molar-refractivity contribution in [2.75, 3.05) is 6.54 Å². The van der Waals surface area contributed by atoms with E-state index in [1.54, 1.807) is 12.1 Å². The maximum Gasteiger partial charge on any atom is 0.317 e. The Balaban J connectivity index is 2.62. The van der Waals surface area contributed by atoms with Crippen molar-refractivity contribution in [1.82, 2.24) is 5.32 Å². The number of nitrogens with one attached hydrogen (secondary N) is 1. The summed E-state index contributed by atoms with van der Waals surface area (Å²) in [4.78, 5) is 20.8. The molecular weight excluding hydrogens is 238 g/mol. The Morgan fingerprint density at radius 2 is 1.89 bits per heavy atom. The molecule has 0 fully saturated rings. The largest absolute Gasteiger partial charge is 0.508 e. The van der Waals surface area contributed by atoms with E-state index in [2.05, 4.69) is 5.32 Å². The molecule has 1 aromatic carbocycles. The maximum absolute atomic E-state index is 10.4. The van der Waals surface area contributed by atoms with Gasteiger partial charge in [0, 0.05) is 18.5 Å². The molecule has 0 aliphatic heterocycles. The molecule has 6 heteroatoms. The van der Waals surface area contributed by atoms with E-state index in [0.717, 1.165) is 5.56 Å². The summed E-state index contributed by atoms with van der Waals surface area (Å²) in [5, 5.41) is 29.3. The molecule has 4 N–H and O–H groups in total. The first kappa shape index (κ1) is 14.0. The van der Waals surface area contributed by atoms with E-state index in [1.807, 2.05) is 0 Å². The lowest BCUT2D eigenvalue weighted by molar-refractivity contribution is -0.137. The number of phenolic OH excluding ortho intramolecular Hbond substituents is 1. The monoisotopic (exact) mass is 253 g/mol. The van der Waals surface area contributed by atoms with E-state index in [4.69, 9.17) is 10.2 Å². The molecule has 0 aliphatic carbocycles. The Bertz CT molecular complexity index is 444. The zero-order valence-corrected chi connectivity index (χ0v) is 9.72. The lowest BCUT2D eigenvalue weighted by Crippen LogP contribution is -2.21. The molecule has 0 heterocycles. The second-order valence-corrected chi connectivity index (χ2v) is 3.85.